The molecular weight excluding hydrogens is 136 g/mol. The van der Waals surface area contributed by atoms with Crippen molar-refractivity contribution in [2.45, 2.75) is 6.10 Å². The number of hydrogen-bond acceptors (Lipinski definition) is 3. The molecule has 0 aliphatic rings. The van der Waals surface area contributed by atoms with E-state index < -0.39 is 6.10 Å². The molecule has 0 aliphatic carbocycles. The van der Waals surface area contributed by atoms with Crippen LogP contribution in [-0.2, 0) is 0 Å². The average Bonchev–Trinajstić information content (AvgIpc) is 1.89. The second-order valence-electron chi connectivity index (χ2n) is 1.60. The molecule has 54 valence electrons. The monoisotopic (exact) mass is 148 g/mol. The van der Waals surface area contributed by atoms with Gasteiger partial charge in [0.15, 0.2) is 0 Å². The van der Waals surface area contributed by atoms with Crippen LogP contribution in [0.2, 0.25) is 0 Å². The van der Waals surface area contributed by atoms with E-state index >= 15 is 0 Å². The molecule has 0 heterocycles. The SMILES string of the molecule is C=CC(O)CSCCO. The lowest BCUT2D eigenvalue weighted by atomic mass is 10.4. The highest BCUT2D eigenvalue weighted by atomic mass is 32.2. The topological polar surface area (TPSA) is 40.5 Å². The molecule has 1 unspecified atom stereocenters. The Labute approximate surface area is 59.6 Å². The lowest BCUT2D eigenvalue weighted by molar-refractivity contribution is 0.249. The lowest BCUT2D eigenvalue weighted by Gasteiger charge is -2.01. The van der Waals surface area contributed by atoms with Crippen molar-refractivity contribution in [3.05, 3.63) is 12.7 Å². The molecule has 0 rings (SSSR count). The maximum Gasteiger partial charge on any atom is 0.0808 e. The Morgan fingerprint density at radius 2 is 2.33 bits per heavy atom. The quantitative estimate of drug-likeness (QED) is 0.434. The van der Waals surface area contributed by atoms with Crippen LogP contribution in [0.4, 0.5) is 0 Å². The molecule has 1 atom stereocenters. The minimum absolute atomic E-state index is 0.175. The maximum absolute atomic E-state index is 8.86. The van der Waals surface area contributed by atoms with E-state index in [1.165, 1.54) is 17.8 Å². The summed E-state index contributed by atoms with van der Waals surface area (Å²) in [6, 6.07) is 0. The van der Waals surface area contributed by atoms with Crippen LogP contribution in [0.3, 0.4) is 0 Å². The fraction of sp³-hybridized carbons (Fsp3) is 0.667. The molecule has 0 amide bonds. The van der Waals surface area contributed by atoms with Crippen molar-refractivity contribution in [2.24, 2.45) is 0 Å². The normalized spacial score (nSPS) is 13.1. The highest BCUT2D eigenvalue weighted by molar-refractivity contribution is 7.99. The average molecular weight is 148 g/mol. The van der Waals surface area contributed by atoms with Gasteiger partial charge in [-0.3, -0.25) is 0 Å². The van der Waals surface area contributed by atoms with E-state index in [9.17, 15) is 0 Å². The molecule has 0 saturated heterocycles. The number of rotatable bonds is 5. The van der Waals surface area contributed by atoms with Gasteiger partial charge in [-0.05, 0) is 0 Å². The van der Waals surface area contributed by atoms with Crippen LogP contribution >= 0.6 is 11.8 Å². The Bertz CT molecular complexity index is 75.5. The molecule has 0 aliphatic heterocycles. The van der Waals surface area contributed by atoms with Crippen molar-refractivity contribution in [3.63, 3.8) is 0 Å². The Kier molecular flexibility index (Phi) is 6.14. The van der Waals surface area contributed by atoms with Crippen LogP contribution in [-0.4, -0.2) is 34.4 Å². The number of hydrogen-bond donors (Lipinski definition) is 2. The highest BCUT2D eigenvalue weighted by Crippen LogP contribution is 2.01. The van der Waals surface area contributed by atoms with E-state index in [0.29, 0.717) is 11.5 Å². The van der Waals surface area contributed by atoms with Gasteiger partial charge in [0.05, 0.1) is 12.7 Å². The molecule has 9 heavy (non-hydrogen) atoms. The van der Waals surface area contributed by atoms with Crippen LogP contribution in [0.5, 0.6) is 0 Å². The van der Waals surface area contributed by atoms with Gasteiger partial charge in [0.1, 0.15) is 0 Å². The number of thioether (sulfide) groups is 1. The first-order valence-electron chi connectivity index (χ1n) is 2.80. The summed E-state index contributed by atoms with van der Waals surface area (Å²) in [4.78, 5) is 0. The van der Waals surface area contributed by atoms with Crippen LogP contribution in [0, 0.1) is 0 Å². The number of aliphatic hydroxyl groups is 2. The van der Waals surface area contributed by atoms with Gasteiger partial charge >= 0.3 is 0 Å². The Morgan fingerprint density at radius 3 is 2.78 bits per heavy atom. The third-order valence-electron chi connectivity index (χ3n) is 0.796. The zero-order valence-corrected chi connectivity index (χ0v) is 6.10. The summed E-state index contributed by atoms with van der Waals surface area (Å²) in [5.41, 5.74) is 0. The van der Waals surface area contributed by atoms with Gasteiger partial charge in [-0.2, -0.15) is 11.8 Å². The minimum atomic E-state index is -0.429. The first-order chi connectivity index (χ1) is 4.31. The van der Waals surface area contributed by atoms with Gasteiger partial charge in [0, 0.05) is 11.5 Å². The van der Waals surface area contributed by atoms with E-state index in [4.69, 9.17) is 10.2 Å². The van der Waals surface area contributed by atoms with Crippen molar-refractivity contribution >= 4 is 11.8 Å². The molecule has 0 fully saturated rings. The zero-order chi connectivity index (χ0) is 7.11. The molecule has 0 bridgehead atoms. The van der Waals surface area contributed by atoms with Crippen LogP contribution < -0.4 is 0 Å². The van der Waals surface area contributed by atoms with Crippen molar-refractivity contribution in [3.8, 4) is 0 Å². The van der Waals surface area contributed by atoms with Gasteiger partial charge in [0.2, 0.25) is 0 Å². The molecule has 0 aromatic heterocycles. The van der Waals surface area contributed by atoms with Crippen LogP contribution in [0.25, 0.3) is 0 Å². The summed E-state index contributed by atoms with van der Waals surface area (Å²) >= 11 is 1.51. The van der Waals surface area contributed by atoms with Crippen LogP contribution in [0.15, 0.2) is 12.7 Å². The third-order valence-corrected chi connectivity index (χ3v) is 1.84. The summed E-state index contributed by atoms with van der Waals surface area (Å²) in [5, 5.41) is 17.2. The van der Waals surface area contributed by atoms with Crippen molar-refractivity contribution < 1.29 is 10.2 Å². The minimum Gasteiger partial charge on any atom is -0.396 e. The largest absolute Gasteiger partial charge is 0.396 e. The maximum atomic E-state index is 8.86. The molecule has 0 aromatic rings. The van der Waals surface area contributed by atoms with Crippen molar-refractivity contribution in [1.29, 1.82) is 0 Å². The Balaban J connectivity index is 2.96. The van der Waals surface area contributed by atoms with Crippen LogP contribution in [0.1, 0.15) is 0 Å². The number of aliphatic hydroxyl groups excluding tert-OH is 2. The van der Waals surface area contributed by atoms with E-state index in [1.807, 2.05) is 0 Å². The predicted molar refractivity (Wildman–Crippen MR) is 40.6 cm³/mol. The summed E-state index contributed by atoms with van der Waals surface area (Å²) < 4.78 is 0. The second kappa shape index (κ2) is 6.13. The predicted octanol–water partition coefficient (Wildman–Crippen LogP) is 0.259. The first kappa shape index (κ1) is 9.01. The molecule has 0 saturated carbocycles. The Morgan fingerprint density at radius 1 is 1.67 bits per heavy atom. The Hall–Kier alpha value is 0.01000. The molecule has 0 radical (unpaired) electrons. The smallest absolute Gasteiger partial charge is 0.0808 e. The van der Waals surface area contributed by atoms with E-state index in [-0.39, 0.29) is 6.61 Å². The van der Waals surface area contributed by atoms with E-state index in [1.54, 1.807) is 0 Å². The van der Waals surface area contributed by atoms with Gasteiger partial charge in [-0.1, -0.05) is 6.08 Å². The third kappa shape index (κ3) is 5.89. The molecular formula is C6H12O2S. The summed E-state index contributed by atoms with van der Waals surface area (Å²) in [7, 11) is 0. The van der Waals surface area contributed by atoms with Gasteiger partial charge in [-0.25, -0.2) is 0 Å². The molecule has 0 aromatic carbocycles. The van der Waals surface area contributed by atoms with Crippen molar-refractivity contribution in [2.75, 3.05) is 18.1 Å². The summed E-state index contributed by atoms with van der Waals surface area (Å²) in [6.07, 6.45) is 1.06. The van der Waals surface area contributed by atoms with Gasteiger partial charge < -0.3 is 10.2 Å². The molecule has 2 nitrogen and oxygen atoms in total. The summed E-state index contributed by atoms with van der Waals surface area (Å²) in [6.45, 7) is 3.59. The summed E-state index contributed by atoms with van der Waals surface area (Å²) in [5.74, 6) is 1.31. The van der Waals surface area contributed by atoms with Crippen molar-refractivity contribution in [1.82, 2.24) is 0 Å². The van der Waals surface area contributed by atoms with E-state index in [2.05, 4.69) is 6.58 Å². The first-order valence-corrected chi connectivity index (χ1v) is 3.96. The fourth-order valence-corrected chi connectivity index (χ4v) is 1.01. The second-order valence-corrected chi connectivity index (χ2v) is 2.75. The standard InChI is InChI=1S/C6H12O2S/c1-2-6(8)5-9-4-3-7/h2,6-8H,1,3-5H2. The molecule has 2 N–H and O–H groups in total. The fourth-order valence-electron chi connectivity index (χ4n) is 0.337. The van der Waals surface area contributed by atoms with E-state index in [0.717, 1.165) is 0 Å². The highest BCUT2D eigenvalue weighted by Gasteiger charge is 1.95. The molecule has 3 heteroatoms. The zero-order valence-electron chi connectivity index (χ0n) is 5.29. The van der Waals surface area contributed by atoms with Gasteiger partial charge in [-0.15, -0.1) is 6.58 Å². The van der Waals surface area contributed by atoms with Gasteiger partial charge in [0.25, 0.3) is 0 Å². The molecule has 0 spiro atoms. The lowest BCUT2D eigenvalue weighted by Crippen LogP contribution is -2.05.